The Morgan fingerprint density at radius 2 is 1.91 bits per heavy atom. The summed E-state index contributed by atoms with van der Waals surface area (Å²) in [6, 6.07) is 1.98. The first-order valence-electron chi connectivity index (χ1n) is 7.45. The van der Waals surface area contributed by atoms with Gasteiger partial charge in [-0.1, -0.05) is 0 Å². The third-order valence-corrected chi connectivity index (χ3v) is 5.50. The van der Waals surface area contributed by atoms with Crippen molar-refractivity contribution in [2.75, 3.05) is 13.1 Å². The lowest BCUT2D eigenvalue weighted by Crippen LogP contribution is -2.42. The van der Waals surface area contributed by atoms with Gasteiger partial charge in [-0.2, -0.15) is 0 Å². The van der Waals surface area contributed by atoms with Crippen LogP contribution in [0.1, 0.15) is 48.2 Å². The highest BCUT2D eigenvalue weighted by molar-refractivity contribution is 9.10. The molecule has 0 bridgehead atoms. The molecular formula is C16H22BrNO3S. The summed E-state index contributed by atoms with van der Waals surface area (Å²) >= 11 is 4.99. The molecule has 0 aliphatic carbocycles. The van der Waals surface area contributed by atoms with Crippen molar-refractivity contribution in [1.82, 2.24) is 4.90 Å². The smallest absolute Gasteiger partial charge is 0.410 e. The van der Waals surface area contributed by atoms with E-state index in [0.29, 0.717) is 25.9 Å². The average molecular weight is 388 g/mol. The Hall–Kier alpha value is -0.880. The van der Waals surface area contributed by atoms with Crippen LogP contribution in [0.5, 0.6) is 0 Å². The summed E-state index contributed by atoms with van der Waals surface area (Å²) in [6.07, 6.45) is 1.11. The van der Waals surface area contributed by atoms with E-state index in [-0.39, 0.29) is 17.8 Å². The highest BCUT2D eigenvalue weighted by atomic mass is 79.9. The summed E-state index contributed by atoms with van der Waals surface area (Å²) in [5, 5.41) is 0. The van der Waals surface area contributed by atoms with Crippen LogP contribution in [0.3, 0.4) is 0 Å². The quantitative estimate of drug-likeness (QED) is 0.693. The number of aryl methyl sites for hydroxylation is 1. The van der Waals surface area contributed by atoms with Crippen molar-refractivity contribution < 1.29 is 14.3 Å². The predicted molar refractivity (Wildman–Crippen MR) is 91.6 cm³/mol. The summed E-state index contributed by atoms with van der Waals surface area (Å²) in [7, 11) is 0. The number of amides is 1. The molecule has 22 heavy (non-hydrogen) atoms. The number of rotatable bonds is 2. The third kappa shape index (κ3) is 4.32. The first kappa shape index (κ1) is 17.5. The van der Waals surface area contributed by atoms with Crippen molar-refractivity contribution in [3.8, 4) is 0 Å². The van der Waals surface area contributed by atoms with Gasteiger partial charge in [-0.25, -0.2) is 4.79 Å². The van der Waals surface area contributed by atoms with Gasteiger partial charge in [-0.15, -0.1) is 11.3 Å². The second-order valence-corrected chi connectivity index (χ2v) is 8.75. The van der Waals surface area contributed by atoms with Crippen LogP contribution in [0, 0.1) is 12.8 Å². The van der Waals surface area contributed by atoms with Gasteiger partial charge in [0.2, 0.25) is 0 Å². The van der Waals surface area contributed by atoms with E-state index in [4.69, 9.17) is 4.74 Å². The summed E-state index contributed by atoms with van der Waals surface area (Å²) in [5.41, 5.74) is -0.483. The molecule has 0 spiro atoms. The van der Waals surface area contributed by atoms with Crippen LogP contribution >= 0.6 is 27.3 Å². The lowest BCUT2D eigenvalue weighted by molar-refractivity contribution is 0.0182. The predicted octanol–water partition coefficient (Wildman–Crippen LogP) is 4.65. The first-order valence-corrected chi connectivity index (χ1v) is 9.06. The molecule has 1 fully saturated rings. The topological polar surface area (TPSA) is 46.6 Å². The minimum atomic E-state index is -0.483. The molecule has 0 N–H and O–H groups in total. The third-order valence-electron chi connectivity index (χ3n) is 3.55. The fourth-order valence-electron chi connectivity index (χ4n) is 2.49. The van der Waals surface area contributed by atoms with Gasteiger partial charge in [0.1, 0.15) is 5.60 Å². The molecule has 4 nitrogen and oxygen atoms in total. The van der Waals surface area contributed by atoms with Crippen molar-refractivity contribution in [3.05, 3.63) is 20.3 Å². The van der Waals surface area contributed by atoms with Gasteiger partial charge in [-0.05, 0) is 62.5 Å². The molecule has 122 valence electrons. The van der Waals surface area contributed by atoms with Crippen LogP contribution in [0.15, 0.2) is 10.5 Å². The van der Waals surface area contributed by atoms with Gasteiger partial charge in [-0.3, -0.25) is 4.79 Å². The lowest BCUT2D eigenvalue weighted by Gasteiger charge is -2.32. The van der Waals surface area contributed by atoms with Gasteiger partial charge < -0.3 is 9.64 Å². The molecule has 1 saturated heterocycles. The Balaban J connectivity index is 1.93. The van der Waals surface area contributed by atoms with Crippen molar-refractivity contribution in [2.45, 2.75) is 46.1 Å². The van der Waals surface area contributed by atoms with Gasteiger partial charge in [0.25, 0.3) is 0 Å². The number of thiophene rings is 1. The molecule has 1 aromatic heterocycles. The van der Waals surface area contributed by atoms with E-state index in [0.717, 1.165) is 14.2 Å². The van der Waals surface area contributed by atoms with E-state index in [1.54, 1.807) is 4.90 Å². The summed E-state index contributed by atoms with van der Waals surface area (Å²) < 4.78 is 6.26. The monoisotopic (exact) mass is 387 g/mol. The van der Waals surface area contributed by atoms with Crippen molar-refractivity contribution in [1.29, 1.82) is 0 Å². The zero-order valence-corrected chi connectivity index (χ0v) is 15.8. The Morgan fingerprint density at radius 3 is 2.36 bits per heavy atom. The molecule has 1 aliphatic rings. The first-order chi connectivity index (χ1) is 10.2. The Bertz CT molecular complexity index is 568. The molecular weight excluding hydrogens is 366 g/mol. The van der Waals surface area contributed by atoms with Crippen LogP contribution in [-0.4, -0.2) is 35.5 Å². The van der Waals surface area contributed by atoms with Gasteiger partial charge in [0.05, 0.1) is 4.88 Å². The Labute approximate surface area is 144 Å². The molecule has 0 atom stereocenters. The number of carbonyl (C=O) groups is 2. The minimum Gasteiger partial charge on any atom is -0.444 e. The molecule has 0 aromatic carbocycles. The Kier molecular flexibility index (Phi) is 5.33. The summed E-state index contributed by atoms with van der Waals surface area (Å²) in [5.74, 6) is 0.182. The number of likely N-dealkylation sites (tertiary alicyclic amines) is 1. The molecule has 0 unspecified atom stereocenters. The average Bonchev–Trinajstić information content (AvgIpc) is 2.75. The molecule has 2 rings (SSSR count). The van der Waals surface area contributed by atoms with Gasteiger partial charge in [0.15, 0.2) is 5.78 Å². The minimum absolute atomic E-state index is 0.00645. The van der Waals surface area contributed by atoms with Crippen LogP contribution < -0.4 is 0 Å². The zero-order valence-electron chi connectivity index (χ0n) is 13.4. The maximum Gasteiger partial charge on any atom is 0.410 e. The van der Waals surface area contributed by atoms with Crippen LogP contribution in [-0.2, 0) is 4.74 Å². The number of Topliss-reactive ketones (excluding diaryl/α,β-unsaturated/α-hetero) is 1. The maximum atomic E-state index is 12.6. The normalized spacial score (nSPS) is 16.7. The molecule has 0 saturated carbocycles. The molecule has 6 heteroatoms. The highest BCUT2D eigenvalue weighted by Crippen LogP contribution is 2.32. The second-order valence-electron chi connectivity index (χ2n) is 6.64. The number of carbonyl (C=O) groups excluding carboxylic acids is 2. The molecule has 1 aromatic rings. The molecule has 1 amide bonds. The number of hydrogen-bond acceptors (Lipinski definition) is 4. The number of hydrogen-bond donors (Lipinski definition) is 0. The largest absolute Gasteiger partial charge is 0.444 e. The molecule has 0 radical (unpaired) electrons. The van der Waals surface area contributed by atoms with Crippen LogP contribution in [0.4, 0.5) is 4.79 Å². The molecule has 2 heterocycles. The van der Waals surface area contributed by atoms with Crippen molar-refractivity contribution in [3.63, 3.8) is 0 Å². The number of ether oxygens (including phenoxy) is 1. The van der Waals surface area contributed by atoms with E-state index in [9.17, 15) is 9.59 Å². The summed E-state index contributed by atoms with van der Waals surface area (Å²) in [4.78, 5) is 28.2. The SMILES string of the molecule is Cc1cc(Br)c(C(=O)C2CCN(C(=O)OC(C)(C)C)CC2)s1. The zero-order chi connectivity index (χ0) is 16.5. The number of piperidine rings is 1. The van der Waals surface area contributed by atoms with E-state index < -0.39 is 5.60 Å². The Morgan fingerprint density at radius 1 is 1.32 bits per heavy atom. The van der Waals surface area contributed by atoms with Gasteiger partial charge >= 0.3 is 6.09 Å². The second kappa shape index (κ2) is 6.71. The van der Waals surface area contributed by atoms with Crippen LogP contribution in [0.2, 0.25) is 0 Å². The number of ketones is 1. The number of nitrogens with zero attached hydrogens (tertiary/aromatic N) is 1. The maximum absolute atomic E-state index is 12.6. The van der Waals surface area contributed by atoms with Crippen LogP contribution in [0.25, 0.3) is 0 Å². The van der Waals surface area contributed by atoms with E-state index >= 15 is 0 Å². The van der Waals surface area contributed by atoms with E-state index in [1.807, 2.05) is 33.8 Å². The van der Waals surface area contributed by atoms with Gasteiger partial charge in [0, 0.05) is 28.4 Å². The lowest BCUT2D eigenvalue weighted by atomic mass is 9.92. The van der Waals surface area contributed by atoms with Crippen molar-refractivity contribution >= 4 is 39.1 Å². The fraction of sp³-hybridized carbons (Fsp3) is 0.625. The van der Waals surface area contributed by atoms with E-state index in [2.05, 4.69) is 15.9 Å². The standard InChI is InChI=1S/C16H22BrNO3S/c1-10-9-12(17)14(22-10)13(19)11-5-7-18(8-6-11)15(20)21-16(2,3)4/h9,11H,5-8H2,1-4H3. The fourth-order valence-corrected chi connectivity index (χ4v) is 4.34. The molecule has 1 aliphatic heterocycles. The number of halogens is 1. The summed E-state index contributed by atoms with van der Waals surface area (Å²) in [6.45, 7) is 8.73. The van der Waals surface area contributed by atoms with Crippen molar-refractivity contribution in [2.24, 2.45) is 5.92 Å². The highest BCUT2D eigenvalue weighted by Gasteiger charge is 2.31. The van der Waals surface area contributed by atoms with E-state index in [1.165, 1.54) is 11.3 Å².